The summed E-state index contributed by atoms with van der Waals surface area (Å²) >= 11 is 0. The Morgan fingerprint density at radius 3 is 2.27 bits per heavy atom. The highest BCUT2D eigenvalue weighted by Crippen LogP contribution is 2.34. The van der Waals surface area contributed by atoms with E-state index >= 15 is 0 Å². The van der Waals surface area contributed by atoms with Crippen molar-refractivity contribution in [2.24, 2.45) is 0 Å². The maximum absolute atomic E-state index is 5.83. The molecule has 0 N–H and O–H groups in total. The van der Waals surface area contributed by atoms with Gasteiger partial charge in [0.05, 0.1) is 19.0 Å². The fourth-order valence-electron chi connectivity index (χ4n) is 2.98. The van der Waals surface area contributed by atoms with E-state index in [4.69, 9.17) is 18.9 Å². The molecule has 2 heterocycles. The summed E-state index contributed by atoms with van der Waals surface area (Å²) in [6.07, 6.45) is 10.0. The van der Waals surface area contributed by atoms with Gasteiger partial charge in [-0.05, 0) is 29.3 Å². The lowest BCUT2D eigenvalue weighted by molar-refractivity contribution is 0.179. The van der Waals surface area contributed by atoms with Gasteiger partial charge in [-0.3, -0.25) is 0 Å². The Balaban J connectivity index is 1.43. The highest BCUT2D eigenvalue weighted by atomic mass is 16.6. The number of benzene rings is 1. The van der Waals surface area contributed by atoms with Gasteiger partial charge < -0.3 is 18.9 Å². The maximum Gasteiger partial charge on any atom is 0.119 e. The van der Waals surface area contributed by atoms with E-state index in [-0.39, 0.29) is 17.6 Å². The summed E-state index contributed by atoms with van der Waals surface area (Å²) in [5.41, 5.74) is 2.42. The highest BCUT2D eigenvalue weighted by Gasteiger charge is 2.26. The Morgan fingerprint density at radius 2 is 1.62 bits per heavy atom. The van der Waals surface area contributed by atoms with E-state index in [2.05, 4.69) is 50.3 Å². The molecule has 4 nitrogen and oxygen atoms in total. The van der Waals surface area contributed by atoms with Crippen LogP contribution in [0.25, 0.3) is 0 Å². The largest absolute Gasteiger partial charge is 0.495 e. The minimum Gasteiger partial charge on any atom is -0.495 e. The molecule has 0 bridgehead atoms. The third-order valence-corrected chi connectivity index (χ3v) is 5.06. The van der Waals surface area contributed by atoms with Crippen molar-refractivity contribution in [2.45, 2.75) is 37.9 Å². The average molecular weight is 354 g/mol. The Labute approximate surface area is 155 Å². The van der Waals surface area contributed by atoms with Crippen molar-refractivity contribution in [1.29, 1.82) is 0 Å². The first-order valence-corrected chi connectivity index (χ1v) is 9.28. The molecule has 0 saturated carbocycles. The first-order valence-electron chi connectivity index (χ1n) is 9.28. The number of allylic oxidation sites excluding steroid dienone is 5. The van der Waals surface area contributed by atoms with Crippen LogP contribution < -0.4 is 4.74 Å². The zero-order valence-electron chi connectivity index (χ0n) is 15.4. The lowest BCUT2D eigenvalue weighted by Gasteiger charge is -2.27. The molecule has 1 aliphatic carbocycles. The van der Waals surface area contributed by atoms with E-state index < -0.39 is 0 Å². The fraction of sp³-hybridized carbons (Fsp3) is 0.455. The molecular weight excluding hydrogens is 328 g/mol. The number of ether oxygens (including phenoxy) is 4. The smallest absolute Gasteiger partial charge is 0.119 e. The number of epoxide rings is 2. The van der Waals surface area contributed by atoms with E-state index in [1.54, 1.807) is 0 Å². The normalized spacial score (nSPS) is 24.4. The summed E-state index contributed by atoms with van der Waals surface area (Å²) < 4.78 is 22.0. The summed E-state index contributed by atoms with van der Waals surface area (Å²) in [5.74, 6) is 1.89. The van der Waals surface area contributed by atoms with Crippen LogP contribution in [0, 0.1) is 0 Å². The van der Waals surface area contributed by atoms with E-state index in [0.717, 1.165) is 31.1 Å². The van der Waals surface area contributed by atoms with Crippen LogP contribution in [-0.4, -0.2) is 38.6 Å². The molecule has 0 aromatic heterocycles. The van der Waals surface area contributed by atoms with Crippen LogP contribution in [0.4, 0.5) is 0 Å². The average Bonchev–Trinajstić information content (AvgIpc) is 3.52. The molecule has 138 valence electrons. The predicted molar refractivity (Wildman–Crippen MR) is 100 cm³/mol. The molecule has 2 atom stereocenters. The van der Waals surface area contributed by atoms with Crippen molar-refractivity contribution < 1.29 is 18.9 Å². The third-order valence-electron chi connectivity index (χ3n) is 5.06. The van der Waals surface area contributed by atoms with Crippen molar-refractivity contribution >= 4 is 0 Å². The first-order chi connectivity index (χ1) is 12.6. The molecule has 1 aromatic carbocycles. The van der Waals surface area contributed by atoms with E-state index in [0.29, 0.717) is 13.2 Å². The molecule has 4 rings (SSSR count). The molecule has 0 radical (unpaired) electrons. The molecule has 1 aromatic rings. The van der Waals surface area contributed by atoms with E-state index in [9.17, 15) is 0 Å². The second-order valence-corrected chi connectivity index (χ2v) is 7.54. The van der Waals surface area contributed by atoms with E-state index in [1.807, 2.05) is 12.1 Å². The van der Waals surface area contributed by atoms with Gasteiger partial charge in [0.25, 0.3) is 0 Å². The molecule has 4 heteroatoms. The lowest BCUT2D eigenvalue weighted by Crippen LogP contribution is -2.19. The van der Waals surface area contributed by atoms with Crippen molar-refractivity contribution in [2.75, 3.05) is 26.4 Å². The van der Waals surface area contributed by atoms with Crippen molar-refractivity contribution in [1.82, 2.24) is 0 Å². The standard InChI is InChI=1S/C22H26O4/c1-22(2,17-7-10-19(11-8-17)24-13-21-15-26-21)16-4-3-5-18(9-6-16)23-12-20-14-25-20/h3-4,6-11,20-21H,5,12-15H2,1-2H3. The van der Waals surface area contributed by atoms with Gasteiger partial charge in [0, 0.05) is 11.8 Å². The molecule has 0 spiro atoms. The van der Waals surface area contributed by atoms with Gasteiger partial charge in [-0.1, -0.05) is 44.2 Å². The van der Waals surface area contributed by atoms with Crippen molar-refractivity contribution in [3.05, 3.63) is 65.5 Å². The second kappa shape index (κ2) is 7.29. The predicted octanol–water partition coefficient (Wildman–Crippen LogP) is 3.93. The monoisotopic (exact) mass is 354 g/mol. The van der Waals surface area contributed by atoms with Crippen LogP contribution in [0.3, 0.4) is 0 Å². The van der Waals surface area contributed by atoms with Crippen LogP contribution in [-0.2, 0) is 19.6 Å². The third kappa shape index (κ3) is 4.37. The van der Waals surface area contributed by atoms with Gasteiger partial charge in [-0.2, -0.15) is 0 Å². The SMILES string of the molecule is CC(C)(C1=CC=C(OCC2CO2)CC=C1)c1ccc(OCC2CO2)cc1. The van der Waals surface area contributed by atoms with Crippen LogP contribution in [0.1, 0.15) is 25.8 Å². The Kier molecular flexibility index (Phi) is 4.88. The van der Waals surface area contributed by atoms with Gasteiger partial charge in [-0.15, -0.1) is 0 Å². The highest BCUT2D eigenvalue weighted by molar-refractivity contribution is 5.44. The summed E-state index contributed by atoms with van der Waals surface area (Å²) in [5, 5.41) is 0. The number of rotatable bonds is 8. The lowest BCUT2D eigenvalue weighted by atomic mass is 9.77. The quantitative estimate of drug-likeness (QED) is 0.664. The molecular formula is C22H26O4. The molecule has 2 aliphatic heterocycles. The molecule has 26 heavy (non-hydrogen) atoms. The van der Waals surface area contributed by atoms with Crippen LogP contribution in [0.2, 0.25) is 0 Å². The maximum atomic E-state index is 5.83. The van der Waals surface area contributed by atoms with Crippen molar-refractivity contribution in [3.8, 4) is 5.75 Å². The van der Waals surface area contributed by atoms with Crippen LogP contribution in [0.5, 0.6) is 5.75 Å². The Morgan fingerprint density at radius 1 is 0.962 bits per heavy atom. The topological polar surface area (TPSA) is 43.5 Å². The Hall–Kier alpha value is -2.04. The minimum absolute atomic E-state index is 0.0970. The fourth-order valence-corrected chi connectivity index (χ4v) is 2.98. The zero-order valence-corrected chi connectivity index (χ0v) is 15.4. The summed E-state index contributed by atoms with van der Waals surface area (Å²) in [7, 11) is 0. The number of hydrogen-bond acceptors (Lipinski definition) is 4. The number of hydrogen-bond donors (Lipinski definition) is 0. The summed E-state index contributed by atoms with van der Waals surface area (Å²) in [6, 6.07) is 8.38. The van der Waals surface area contributed by atoms with E-state index in [1.165, 1.54) is 11.1 Å². The van der Waals surface area contributed by atoms with Crippen LogP contribution >= 0.6 is 0 Å². The molecule has 2 saturated heterocycles. The Bertz CT molecular complexity index is 719. The molecule has 2 unspecified atom stereocenters. The van der Waals surface area contributed by atoms with Gasteiger partial charge in [0.15, 0.2) is 0 Å². The summed E-state index contributed by atoms with van der Waals surface area (Å²) in [4.78, 5) is 0. The first kappa shape index (κ1) is 17.4. The second-order valence-electron chi connectivity index (χ2n) is 7.54. The van der Waals surface area contributed by atoms with Crippen molar-refractivity contribution in [3.63, 3.8) is 0 Å². The van der Waals surface area contributed by atoms with Crippen LogP contribution in [0.15, 0.2) is 59.9 Å². The van der Waals surface area contributed by atoms with Gasteiger partial charge in [0.1, 0.15) is 31.2 Å². The minimum atomic E-state index is -0.0970. The van der Waals surface area contributed by atoms with Gasteiger partial charge >= 0.3 is 0 Å². The summed E-state index contributed by atoms with van der Waals surface area (Å²) in [6.45, 7) is 7.42. The zero-order chi connectivity index (χ0) is 18.0. The molecule has 2 fully saturated rings. The molecule has 3 aliphatic rings. The van der Waals surface area contributed by atoms with Gasteiger partial charge in [0.2, 0.25) is 0 Å². The van der Waals surface area contributed by atoms with Gasteiger partial charge in [-0.25, -0.2) is 0 Å². The molecule has 0 amide bonds.